The van der Waals surface area contributed by atoms with Gasteiger partial charge in [-0.25, -0.2) is 0 Å². The van der Waals surface area contributed by atoms with Crippen LogP contribution in [-0.2, 0) is 14.3 Å². The number of ether oxygens (including phenoxy) is 1. The van der Waals surface area contributed by atoms with Crippen LogP contribution in [0.15, 0.2) is 0 Å². The number of esters is 1. The molecule has 4 aliphatic carbocycles. The van der Waals surface area contributed by atoms with Gasteiger partial charge in [0.05, 0.1) is 12.2 Å². The Hall–Kier alpha value is -1.14. The number of aliphatic carboxylic acids is 1. The van der Waals surface area contributed by atoms with Crippen LogP contribution in [0, 0.1) is 34.0 Å². The van der Waals surface area contributed by atoms with Gasteiger partial charge in [-0.1, -0.05) is 13.3 Å². The van der Waals surface area contributed by atoms with Crippen LogP contribution in [0.25, 0.3) is 0 Å². The van der Waals surface area contributed by atoms with Crippen LogP contribution in [0.5, 0.6) is 0 Å². The van der Waals surface area contributed by atoms with E-state index in [2.05, 4.69) is 6.92 Å². The maximum atomic E-state index is 12.5. The normalized spacial score (nSPS) is 49.8. The molecule has 6 nitrogen and oxygen atoms in total. The molecule has 0 aliphatic heterocycles. The quantitative estimate of drug-likeness (QED) is 0.634. The number of fused-ring (bicyclic) bond motifs is 3. The van der Waals surface area contributed by atoms with Gasteiger partial charge in [-0.3, -0.25) is 9.59 Å². The van der Waals surface area contributed by atoms with Crippen molar-refractivity contribution in [1.82, 2.24) is 0 Å². The van der Waals surface area contributed by atoms with E-state index in [1.807, 2.05) is 0 Å². The zero-order valence-electron chi connectivity index (χ0n) is 17.1. The molecule has 0 aromatic rings. The number of aliphatic hydroxyl groups is 2. The number of aliphatic hydroxyl groups excluding tert-OH is 1. The van der Waals surface area contributed by atoms with E-state index in [1.165, 1.54) is 6.92 Å². The van der Waals surface area contributed by atoms with Crippen molar-refractivity contribution in [3.63, 3.8) is 0 Å². The molecule has 158 valence electrons. The summed E-state index contributed by atoms with van der Waals surface area (Å²) in [6.45, 7) is 3.37. The zero-order valence-corrected chi connectivity index (χ0v) is 17.1. The Bertz CT molecular complexity index is 678. The molecule has 0 aromatic heterocycles. The van der Waals surface area contributed by atoms with E-state index in [4.69, 9.17) is 4.74 Å². The van der Waals surface area contributed by atoms with Crippen LogP contribution < -0.4 is 0 Å². The minimum atomic E-state index is -1.01. The fourth-order valence-corrected chi connectivity index (χ4v) is 8.34. The SMILES string of the molecule is CC(=O)OC[C@@]1(C(=O)O)CCC[C@]2(C)[C@@H]1CC[C@@]13C[C@@H](CC[C@@H]12)[C@@](O)(CO)C3. The first-order chi connectivity index (χ1) is 13.1. The minimum absolute atomic E-state index is 0.00859. The molecular weight excluding hydrogens is 360 g/mol. The van der Waals surface area contributed by atoms with Crippen molar-refractivity contribution < 1.29 is 29.6 Å². The fourth-order valence-electron chi connectivity index (χ4n) is 8.34. The number of carbonyl (C=O) groups excluding carboxylic acids is 1. The molecule has 7 atom stereocenters. The van der Waals surface area contributed by atoms with Crippen molar-refractivity contribution >= 4 is 11.9 Å². The highest BCUT2D eigenvalue weighted by atomic mass is 16.5. The van der Waals surface area contributed by atoms with Gasteiger partial charge in [0.25, 0.3) is 0 Å². The molecule has 6 heteroatoms. The molecule has 3 N–H and O–H groups in total. The monoisotopic (exact) mass is 394 g/mol. The molecule has 0 saturated heterocycles. The van der Waals surface area contributed by atoms with E-state index in [0.29, 0.717) is 18.8 Å². The Morgan fingerprint density at radius 2 is 1.86 bits per heavy atom. The highest BCUT2D eigenvalue weighted by molar-refractivity contribution is 5.76. The lowest BCUT2D eigenvalue weighted by atomic mass is 9.40. The molecule has 28 heavy (non-hydrogen) atoms. The third-order valence-electron chi connectivity index (χ3n) is 9.38. The molecule has 0 unspecified atom stereocenters. The second kappa shape index (κ2) is 6.43. The van der Waals surface area contributed by atoms with Crippen molar-refractivity contribution in [2.24, 2.45) is 34.0 Å². The molecule has 2 bridgehead atoms. The lowest BCUT2D eigenvalue weighted by Gasteiger charge is -2.63. The van der Waals surface area contributed by atoms with Gasteiger partial charge >= 0.3 is 11.9 Å². The van der Waals surface area contributed by atoms with Crippen LogP contribution in [0.4, 0.5) is 0 Å². The van der Waals surface area contributed by atoms with Crippen LogP contribution in [0.3, 0.4) is 0 Å². The van der Waals surface area contributed by atoms with Gasteiger partial charge in [0, 0.05) is 6.92 Å². The second-order valence-corrected chi connectivity index (χ2v) is 10.5. The van der Waals surface area contributed by atoms with Gasteiger partial charge in [-0.2, -0.15) is 0 Å². The van der Waals surface area contributed by atoms with E-state index < -0.39 is 23.0 Å². The molecule has 4 saturated carbocycles. The summed E-state index contributed by atoms with van der Waals surface area (Å²) < 4.78 is 5.29. The first-order valence-electron chi connectivity index (χ1n) is 10.8. The van der Waals surface area contributed by atoms with Crippen molar-refractivity contribution in [2.75, 3.05) is 13.2 Å². The third kappa shape index (κ3) is 2.59. The largest absolute Gasteiger partial charge is 0.481 e. The summed E-state index contributed by atoms with van der Waals surface area (Å²) >= 11 is 0. The number of hydrogen-bond acceptors (Lipinski definition) is 5. The smallest absolute Gasteiger partial charge is 0.313 e. The number of rotatable bonds is 4. The molecule has 4 rings (SSSR count). The number of carboxylic acids is 1. The summed E-state index contributed by atoms with van der Waals surface area (Å²) in [6.07, 6.45) is 7.51. The standard InChI is InChI=1S/C22H34O6/c1-14(24)28-13-21(18(25)26)8-3-7-19(2)16-5-4-15-10-20(16,9-6-17(19)21)11-22(15,27)12-23/h15-17,23,27H,3-13H2,1-2H3,(H,25,26)/t15-,16-,17+,19+,20+,21+,22+/m1/s1. The maximum Gasteiger partial charge on any atom is 0.313 e. The van der Waals surface area contributed by atoms with Crippen molar-refractivity contribution in [3.8, 4) is 0 Å². The topological polar surface area (TPSA) is 104 Å². The van der Waals surface area contributed by atoms with Crippen LogP contribution in [-0.4, -0.2) is 46.1 Å². The Balaban J connectivity index is 1.70. The summed E-state index contributed by atoms with van der Waals surface area (Å²) in [6, 6.07) is 0. The molecule has 0 radical (unpaired) electrons. The van der Waals surface area contributed by atoms with E-state index in [0.717, 1.165) is 44.9 Å². The first kappa shape index (κ1) is 20.1. The van der Waals surface area contributed by atoms with Crippen LogP contribution in [0.2, 0.25) is 0 Å². The van der Waals surface area contributed by atoms with Gasteiger partial charge in [0.1, 0.15) is 12.0 Å². The Morgan fingerprint density at radius 1 is 1.11 bits per heavy atom. The molecule has 0 aromatic carbocycles. The number of hydrogen-bond donors (Lipinski definition) is 3. The van der Waals surface area contributed by atoms with Gasteiger partial charge in [-0.05, 0) is 80.0 Å². The molecule has 0 amide bonds. The van der Waals surface area contributed by atoms with E-state index >= 15 is 0 Å². The van der Waals surface area contributed by atoms with Crippen molar-refractivity contribution in [1.29, 1.82) is 0 Å². The van der Waals surface area contributed by atoms with Crippen LogP contribution >= 0.6 is 0 Å². The van der Waals surface area contributed by atoms with Crippen molar-refractivity contribution in [2.45, 2.75) is 77.2 Å². The highest BCUT2D eigenvalue weighted by Gasteiger charge is 2.69. The van der Waals surface area contributed by atoms with Crippen molar-refractivity contribution in [3.05, 3.63) is 0 Å². The lowest BCUT2D eigenvalue weighted by Crippen LogP contribution is -2.60. The Kier molecular flexibility index (Phi) is 4.63. The molecule has 4 fully saturated rings. The van der Waals surface area contributed by atoms with Crippen LogP contribution in [0.1, 0.15) is 71.6 Å². The molecular formula is C22H34O6. The summed E-state index contributed by atoms with van der Waals surface area (Å²) in [5.74, 6) is -0.785. The van der Waals surface area contributed by atoms with E-state index in [-0.39, 0.29) is 35.9 Å². The summed E-state index contributed by atoms with van der Waals surface area (Å²) in [4.78, 5) is 23.9. The van der Waals surface area contributed by atoms with E-state index in [1.54, 1.807) is 0 Å². The molecule has 1 spiro atoms. The second-order valence-electron chi connectivity index (χ2n) is 10.5. The molecule has 0 heterocycles. The Morgan fingerprint density at radius 3 is 2.50 bits per heavy atom. The van der Waals surface area contributed by atoms with E-state index in [9.17, 15) is 24.9 Å². The van der Waals surface area contributed by atoms with Gasteiger partial charge < -0.3 is 20.1 Å². The number of carbonyl (C=O) groups is 2. The highest BCUT2D eigenvalue weighted by Crippen LogP contribution is 2.72. The Labute approximate surface area is 166 Å². The lowest BCUT2D eigenvalue weighted by molar-refractivity contribution is -0.196. The third-order valence-corrected chi connectivity index (χ3v) is 9.38. The average molecular weight is 395 g/mol. The molecule has 4 aliphatic rings. The maximum absolute atomic E-state index is 12.5. The van der Waals surface area contributed by atoms with Gasteiger partial charge in [0.15, 0.2) is 0 Å². The summed E-state index contributed by atoms with van der Waals surface area (Å²) in [5.41, 5.74) is -2.12. The average Bonchev–Trinajstić information content (AvgIpc) is 2.85. The fraction of sp³-hybridized carbons (Fsp3) is 0.909. The van der Waals surface area contributed by atoms with Gasteiger partial charge in [0.2, 0.25) is 0 Å². The predicted molar refractivity (Wildman–Crippen MR) is 101 cm³/mol. The number of carboxylic acid groups (broad SMARTS) is 1. The zero-order chi connectivity index (χ0) is 20.4. The minimum Gasteiger partial charge on any atom is -0.481 e. The summed E-state index contributed by atoms with van der Waals surface area (Å²) in [7, 11) is 0. The van der Waals surface area contributed by atoms with Gasteiger partial charge in [-0.15, -0.1) is 0 Å². The first-order valence-corrected chi connectivity index (χ1v) is 10.8. The predicted octanol–water partition coefficient (Wildman–Crippen LogP) is 2.75. The summed E-state index contributed by atoms with van der Waals surface area (Å²) in [5, 5.41) is 31.1.